The molecule has 0 bridgehead atoms. The third kappa shape index (κ3) is 2.22. The van der Waals surface area contributed by atoms with Gasteiger partial charge in [0.1, 0.15) is 0 Å². The van der Waals surface area contributed by atoms with Gasteiger partial charge in [0.25, 0.3) is 0 Å². The minimum atomic E-state index is -0.610. The van der Waals surface area contributed by atoms with E-state index in [1.807, 2.05) is 0 Å². The second-order valence-corrected chi connectivity index (χ2v) is 4.82. The molecule has 0 aromatic carbocycles. The number of rotatable bonds is 2. The predicted octanol–water partition coefficient (Wildman–Crippen LogP) is 2.66. The van der Waals surface area contributed by atoms with E-state index in [1.165, 1.54) is 0 Å². The third-order valence-corrected chi connectivity index (χ3v) is 3.59. The summed E-state index contributed by atoms with van der Waals surface area (Å²) in [7, 11) is 0. The second-order valence-electron chi connectivity index (χ2n) is 3.52. The molecule has 3 unspecified atom stereocenters. The highest BCUT2D eigenvalue weighted by atomic mass is 79.9. The fraction of sp³-hybridized carbons (Fsp3) is 0.889. The Morgan fingerprint density at radius 2 is 2.25 bits per heavy atom. The largest absolute Gasteiger partial charge is 0.481 e. The summed E-state index contributed by atoms with van der Waals surface area (Å²) in [6.07, 6.45) is 3.85. The van der Waals surface area contributed by atoms with Gasteiger partial charge < -0.3 is 5.11 Å². The molecule has 0 aromatic heterocycles. The highest BCUT2D eigenvalue weighted by molar-refractivity contribution is 9.09. The van der Waals surface area contributed by atoms with Gasteiger partial charge >= 0.3 is 5.97 Å². The van der Waals surface area contributed by atoms with E-state index in [0.29, 0.717) is 10.7 Å². The number of aliphatic carboxylic acids is 1. The molecular formula is C9H15BrO2. The minimum Gasteiger partial charge on any atom is -0.481 e. The molecule has 0 aliphatic heterocycles. The number of alkyl halides is 1. The Hall–Kier alpha value is -0.0500. The molecule has 12 heavy (non-hydrogen) atoms. The third-order valence-electron chi connectivity index (χ3n) is 2.76. The van der Waals surface area contributed by atoms with Crippen LogP contribution in [0.3, 0.4) is 0 Å². The van der Waals surface area contributed by atoms with Crippen LogP contribution in [0.25, 0.3) is 0 Å². The molecule has 1 saturated carbocycles. The van der Waals surface area contributed by atoms with Gasteiger partial charge in [0.05, 0.1) is 5.92 Å². The van der Waals surface area contributed by atoms with E-state index in [2.05, 4.69) is 22.9 Å². The quantitative estimate of drug-likeness (QED) is 0.747. The lowest BCUT2D eigenvalue weighted by atomic mass is 9.78. The first kappa shape index (κ1) is 10.0. The zero-order valence-corrected chi connectivity index (χ0v) is 8.88. The van der Waals surface area contributed by atoms with Crippen molar-refractivity contribution in [1.82, 2.24) is 0 Å². The van der Waals surface area contributed by atoms with Crippen LogP contribution in [0.15, 0.2) is 0 Å². The van der Waals surface area contributed by atoms with E-state index >= 15 is 0 Å². The molecule has 0 aromatic rings. The van der Waals surface area contributed by atoms with Gasteiger partial charge in [-0.1, -0.05) is 29.3 Å². The van der Waals surface area contributed by atoms with Crippen LogP contribution in [0.4, 0.5) is 0 Å². The van der Waals surface area contributed by atoms with E-state index in [0.717, 1.165) is 25.7 Å². The average molecular weight is 235 g/mol. The maximum atomic E-state index is 10.8. The van der Waals surface area contributed by atoms with Gasteiger partial charge in [0, 0.05) is 4.83 Å². The van der Waals surface area contributed by atoms with Crippen molar-refractivity contribution in [2.45, 2.75) is 37.4 Å². The monoisotopic (exact) mass is 234 g/mol. The van der Waals surface area contributed by atoms with Gasteiger partial charge in [-0.3, -0.25) is 4.79 Å². The summed E-state index contributed by atoms with van der Waals surface area (Å²) >= 11 is 3.55. The van der Waals surface area contributed by atoms with Crippen LogP contribution in [0.5, 0.6) is 0 Å². The fourth-order valence-electron chi connectivity index (χ4n) is 1.98. The van der Waals surface area contributed by atoms with Crippen LogP contribution in [-0.4, -0.2) is 15.9 Å². The first-order valence-electron chi connectivity index (χ1n) is 4.52. The van der Waals surface area contributed by atoms with E-state index in [9.17, 15) is 4.79 Å². The van der Waals surface area contributed by atoms with Crippen molar-refractivity contribution in [3.8, 4) is 0 Å². The molecule has 70 valence electrons. The minimum absolute atomic E-state index is 0.0937. The normalized spacial score (nSPS) is 36.3. The zero-order chi connectivity index (χ0) is 9.14. The van der Waals surface area contributed by atoms with Crippen molar-refractivity contribution in [1.29, 1.82) is 0 Å². The summed E-state index contributed by atoms with van der Waals surface area (Å²) in [4.78, 5) is 11.4. The maximum absolute atomic E-state index is 10.8. The van der Waals surface area contributed by atoms with Crippen LogP contribution in [0, 0.1) is 11.8 Å². The van der Waals surface area contributed by atoms with Gasteiger partial charge in [-0.15, -0.1) is 0 Å². The van der Waals surface area contributed by atoms with Crippen LogP contribution in [0.2, 0.25) is 0 Å². The molecule has 0 radical (unpaired) electrons. The van der Waals surface area contributed by atoms with Crippen LogP contribution < -0.4 is 0 Å². The average Bonchev–Trinajstić information content (AvgIpc) is 2.03. The van der Waals surface area contributed by atoms with E-state index in [-0.39, 0.29) is 5.92 Å². The van der Waals surface area contributed by atoms with Crippen molar-refractivity contribution in [2.75, 3.05) is 0 Å². The Balaban J connectivity index is 2.56. The molecule has 0 heterocycles. The van der Waals surface area contributed by atoms with Crippen molar-refractivity contribution >= 4 is 21.9 Å². The second kappa shape index (κ2) is 4.26. The molecule has 1 fully saturated rings. The number of hydrogen-bond acceptors (Lipinski definition) is 1. The van der Waals surface area contributed by atoms with Gasteiger partial charge in [-0.25, -0.2) is 0 Å². The molecule has 2 nitrogen and oxygen atoms in total. The smallest absolute Gasteiger partial charge is 0.306 e. The van der Waals surface area contributed by atoms with Crippen molar-refractivity contribution in [2.24, 2.45) is 11.8 Å². The number of carbonyl (C=O) groups is 1. The first-order valence-corrected chi connectivity index (χ1v) is 5.43. The van der Waals surface area contributed by atoms with Crippen LogP contribution >= 0.6 is 15.9 Å². The predicted molar refractivity (Wildman–Crippen MR) is 51.5 cm³/mol. The molecule has 3 heteroatoms. The topological polar surface area (TPSA) is 37.3 Å². The van der Waals surface area contributed by atoms with E-state index < -0.39 is 5.97 Å². The van der Waals surface area contributed by atoms with Crippen molar-refractivity contribution in [3.05, 3.63) is 0 Å². The molecular weight excluding hydrogens is 220 g/mol. The Morgan fingerprint density at radius 3 is 2.75 bits per heavy atom. The first-order chi connectivity index (χ1) is 5.65. The Labute approximate surface area is 81.5 Å². The number of halogens is 1. The molecule has 0 spiro atoms. The molecule has 1 rings (SSSR count). The number of hydrogen-bond donors (Lipinski definition) is 1. The zero-order valence-electron chi connectivity index (χ0n) is 7.29. The summed E-state index contributed by atoms with van der Waals surface area (Å²) in [5.74, 6) is -0.328. The summed E-state index contributed by atoms with van der Waals surface area (Å²) in [5, 5.41) is 8.91. The molecule has 1 aliphatic carbocycles. The molecule has 1 aliphatic rings. The maximum Gasteiger partial charge on any atom is 0.306 e. The molecule has 3 atom stereocenters. The Morgan fingerprint density at radius 1 is 1.58 bits per heavy atom. The SMILES string of the molecule is CCC1CC(Br)CCC1C(=O)O. The van der Waals surface area contributed by atoms with Gasteiger partial charge in [0.2, 0.25) is 0 Å². The summed E-state index contributed by atoms with van der Waals surface area (Å²) in [5.41, 5.74) is 0. The summed E-state index contributed by atoms with van der Waals surface area (Å²) < 4.78 is 0. The molecule has 0 saturated heterocycles. The van der Waals surface area contributed by atoms with Gasteiger partial charge in [-0.2, -0.15) is 0 Å². The van der Waals surface area contributed by atoms with Gasteiger partial charge in [0.15, 0.2) is 0 Å². The highest BCUT2D eigenvalue weighted by Gasteiger charge is 2.32. The lowest BCUT2D eigenvalue weighted by molar-refractivity contribution is -0.144. The Bertz CT molecular complexity index is 170. The summed E-state index contributed by atoms with van der Waals surface area (Å²) in [6.45, 7) is 2.08. The lowest BCUT2D eigenvalue weighted by Crippen LogP contribution is -2.30. The number of carboxylic acid groups (broad SMARTS) is 1. The summed E-state index contributed by atoms with van der Waals surface area (Å²) in [6, 6.07) is 0. The number of carboxylic acids is 1. The fourth-order valence-corrected chi connectivity index (χ4v) is 2.73. The van der Waals surface area contributed by atoms with Crippen molar-refractivity contribution < 1.29 is 9.90 Å². The highest BCUT2D eigenvalue weighted by Crippen LogP contribution is 2.35. The lowest BCUT2D eigenvalue weighted by Gasteiger charge is -2.30. The Kier molecular flexibility index (Phi) is 3.56. The van der Waals surface area contributed by atoms with Crippen molar-refractivity contribution in [3.63, 3.8) is 0 Å². The van der Waals surface area contributed by atoms with E-state index in [4.69, 9.17) is 5.11 Å². The van der Waals surface area contributed by atoms with Crippen LogP contribution in [0.1, 0.15) is 32.6 Å². The molecule has 0 amide bonds. The standard InChI is InChI=1S/C9H15BrO2/c1-2-6-5-7(10)3-4-8(6)9(11)12/h6-8H,2-5H2,1H3,(H,11,12). The van der Waals surface area contributed by atoms with Gasteiger partial charge in [-0.05, 0) is 25.2 Å². The van der Waals surface area contributed by atoms with E-state index in [1.54, 1.807) is 0 Å². The molecule has 1 N–H and O–H groups in total. The van der Waals surface area contributed by atoms with Crippen LogP contribution in [-0.2, 0) is 4.79 Å².